The molecule has 2 aliphatic heterocycles. The Hall–Kier alpha value is -2.67. The van der Waals surface area contributed by atoms with Gasteiger partial charge in [0.25, 0.3) is 5.69 Å². The van der Waals surface area contributed by atoms with Gasteiger partial charge in [0, 0.05) is 22.6 Å². The number of benzene rings is 1. The summed E-state index contributed by atoms with van der Waals surface area (Å²) in [5.41, 5.74) is -3.47. The molecule has 0 aromatic heterocycles. The van der Waals surface area contributed by atoms with Crippen LogP contribution < -0.4 is 0 Å². The molecule has 0 bridgehead atoms. The second-order valence-corrected chi connectivity index (χ2v) is 15.8. The summed E-state index contributed by atoms with van der Waals surface area (Å²) in [6.07, 6.45) is -2.07. The number of amides is 2. The average molecular weight is 570 g/mol. The summed E-state index contributed by atoms with van der Waals surface area (Å²) < 4.78 is 37.6. The van der Waals surface area contributed by atoms with Crippen LogP contribution in [0.2, 0.25) is 0 Å². The molecule has 0 radical (unpaired) electrons. The van der Waals surface area contributed by atoms with Crippen LogP contribution in [0.4, 0.5) is 15.3 Å². The summed E-state index contributed by atoms with van der Waals surface area (Å²) in [5.74, 6) is 0.0664. The molecule has 2 atom stereocenters. The number of nitro benzene ring substituents is 1. The molecule has 2 amide bonds. The highest BCUT2D eigenvalue weighted by atomic mass is 32.2. The number of fused-ring (bicyclic) bond motifs is 3. The lowest BCUT2D eigenvalue weighted by Gasteiger charge is -2.46. The Kier molecular flexibility index (Phi) is 7.48. The Labute approximate surface area is 227 Å². The molecule has 0 unspecified atom stereocenters. The van der Waals surface area contributed by atoms with Crippen LogP contribution in [-0.2, 0) is 24.8 Å². The van der Waals surface area contributed by atoms with E-state index in [1.54, 1.807) is 54.5 Å². The maximum Gasteiger partial charge on any atom is 0.425 e. The van der Waals surface area contributed by atoms with E-state index in [1.807, 2.05) is 0 Å². The van der Waals surface area contributed by atoms with Crippen LogP contribution in [0.1, 0.15) is 74.3 Å². The zero-order valence-corrected chi connectivity index (χ0v) is 24.8. The van der Waals surface area contributed by atoms with E-state index < -0.39 is 53.7 Å². The predicted molar refractivity (Wildman–Crippen MR) is 144 cm³/mol. The molecule has 0 aliphatic carbocycles. The molecule has 210 valence electrons. The summed E-state index contributed by atoms with van der Waals surface area (Å²) >= 11 is 1.38. The SMILES string of the molecule is CC(C)(C)OC(=O)N(C(=O)OC(C)(C)C)C1=N[C@]2(C)c3cc([N+](=O)[O-])ccc3SCC[C@H]2S(=O)(=O)C1(C)C. The Bertz CT molecular complexity index is 1280. The smallest absolute Gasteiger partial charge is 0.425 e. The first-order chi connectivity index (χ1) is 17.1. The Balaban J connectivity index is 2.37. The van der Waals surface area contributed by atoms with Crippen molar-refractivity contribution in [3.8, 4) is 0 Å². The van der Waals surface area contributed by atoms with Gasteiger partial charge in [-0.3, -0.25) is 15.1 Å². The first kappa shape index (κ1) is 29.9. The van der Waals surface area contributed by atoms with E-state index in [2.05, 4.69) is 0 Å². The third kappa shape index (κ3) is 5.40. The van der Waals surface area contributed by atoms with Crippen molar-refractivity contribution in [3.63, 3.8) is 0 Å². The number of thioether (sulfide) groups is 1. The monoisotopic (exact) mass is 569 g/mol. The quantitative estimate of drug-likeness (QED) is 0.318. The first-order valence-electron chi connectivity index (χ1n) is 12.1. The lowest BCUT2D eigenvalue weighted by atomic mass is 9.86. The van der Waals surface area contributed by atoms with E-state index in [1.165, 1.54) is 37.7 Å². The van der Waals surface area contributed by atoms with Crippen molar-refractivity contribution < 1.29 is 32.4 Å². The van der Waals surface area contributed by atoms with Gasteiger partial charge in [-0.25, -0.2) is 18.0 Å². The van der Waals surface area contributed by atoms with Crippen molar-refractivity contribution in [2.75, 3.05) is 5.75 Å². The van der Waals surface area contributed by atoms with Gasteiger partial charge in [-0.05, 0) is 80.6 Å². The number of ether oxygens (including phenoxy) is 2. The fraction of sp³-hybridized carbons (Fsp3) is 0.640. The molecule has 0 N–H and O–H groups in total. The number of rotatable bonds is 1. The van der Waals surface area contributed by atoms with Crippen LogP contribution in [-0.4, -0.2) is 63.2 Å². The van der Waals surface area contributed by atoms with Gasteiger partial charge in [0.05, 0.1) is 10.2 Å². The van der Waals surface area contributed by atoms with Gasteiger partial charge in [-0.2, -0.15) is 4.90 Å². The summed E-state index contributed by atoms with van der Waals surface area (Å²) in [5, 5.41) is 10.5. The highest BCUT2D eigenvalue weighted by molar-refractivity contribution is 7.99. The number of imide groups is 1. The Morgan fingerprint density at radius 2 is 1.61 bits per heavy atom. The second kappa shape index (κ2) is 9.51. The highest BCUT2D eigenvalue weighted by Crippen LogP contribution is 2.50. The summed E-state index contributed by atoms with van der Waals surface area (Å²) in [7, 11) is -4.14. The number of nitrogens with zero attached hydrogens (tertiary/aromatic N) is 3. The number of aliphatic imine (C=N–C) groups is 1. The molecule has 38 heavy (non-hydrogen) atoms. The molecule has 2 heterocycles. The number of amidine groups is 1. The van der Waals surface area contributed by atoms with E-state index in [0.29, 0.717) is 21.1 Å². The number of nitro groups is 1. The lowest BCUT2D eigenvalue weighted by Crippen LogP contribution is -2.64. The highest BCUT2D eigenvalue weighted by Gasteiger charge is 2.61. The zero-order valence-electron chi connectivity index (χ0n) is 23.1. The van der Waals surface area contributed by atoms with Crippen LogP contribution in [0.3, 0.4) is 0 Å². The van der Waals surface area contributed by atoms with Crippen LogP contribution in [0, 0.1) is 10.1 Å². The van der Waals surface area contributed by atoms with Crippen LogP contribution in [0.25, 0.3) is 0 Å². The molecule has 11 nitrogen and oxygen atoms in total. The number of carbonyl (C=O) groups is 2. The van der Waals surface area contributed by atoms with E-state index in [-0.39, 0.29) is 17.9 Å². The van der Waals surface area contributed by atoms with Gasteiger partial charge in [0.15, 0.2) is 9.84 Å². The molecule has 2 aliphatic rings. The topological polar surface area (TPSA) is 145 Å². The largest absolute Gasteiger partial charge is 0.443 e. The van der Waals surface area contributed by atoms with Crippen molar-refractivity contribution in [2.45, 2.75) is 100 Å². The molecular weight excluding hydrogens is 534 g/mol. The summed E-state index contributed by atoms with van der Waals surface area (Å²) in [6.45, 7) is 14.0. The molecule has 0 saturated heterocycles. The zero-order chi connectivity index (χ0) is 29.1. The van der Waals surface area contributed by atoms with Crippen molar-refractivity contribution >= 4 is 45.3 Å². The molecule has 0 spiro atoms. The van der Waals surface area contributed by atoms with Crippen LogP contribution >= 0.6 is 11.8 Å². The number of sulfone groups is 1. The van der Waals surface area contributed by atoms with Crippen LogP contribution in [0.5, 0.6) is 0 Å². The number of hydrogen-bond acceptors (Lipinski definition) is 10. The molecule has 1 aromatic carbocycles. The normalized spacial score (nSPS) is 24.1. The minimum Gasteiger partial charge on any atom is -0.443 e. The minimum atomic E-state index is -4.14. The fourth-order valence-electron chi connectivity index (χ4n) is 4.49. The van der Waals surface area contributed by atoms with Gasteiger partial charge in [-0.15, -0.1) is 11.8 Å². The van der Waals surface area contributed by atoms with E-state index in [9.17, 15) is 28.1 Å². The van der Waals surface area contributed by atoms with Crippen molar-refractivity contribution in [1.29, 1.82) is 0 Å². The molecule has 13 heteroatoms. The fourth-order valence-corrected chi connectivity index (χ4v) is 8.11. The van der Waals surface area contributed by atoms with Crippen molar-refractivity contribution in [3.05, 3.63) is 33.9 Å². The average Bonchev–Trinajstić information content (AvgIpc) is 2.86. The number of hydrogen-bond donors (Lipinski definition) is 0. The first-order valence-corrected chi connectivity index (χ1v) is 14.7. The van der Waals surface area contributed by atoms with Gasteiger partial charge < -0.3 is 9.47 Å². The second-order valence-electron chi connectivity index (χ2n) is 12.0. The maximum absolute atomic E-state index is 14.2. The predicted octanol–water partition coefficient (Wildman–Crippen LogP) is 5.45. The minimum absolute atomic E-state index is 0.213. The molecular formula is C25H35N3O8S2. The van der Waals surface area contributed by atoms with Gasteiger partial charge >= 0.3 is 12.2 Å². The molecule has 0 saturated carbocycles. The van der Waals surface area contributed by atoms with E-state index in [0.717, 1.165) is 0 Å². The van der Waals surface area contributed by atoms with Crippen molar-refractivity contribution in [1.82, 2.24) is 4.90 Å². The molecule has 1 aromatic rings. The summed E-state index contributed by atoms with van der Waals surface area (Å²) in [6, 6.07) is 4.25. The van der Waals surface area contributed by atoms with Crippen molar-refractivity contribution in [2.24, 2.45) is 4.99 Å². The maximum atomic E-state index is 14.2. The van der Waals surface area contributed by atoms with Gasteiger partial charge in [-0.1, -0.05) is 0 Å². The number of carbonyl (C=O) groups excluding carboxylic acids is 2. The van der Waals surface area contributed by atoms with E-state index >= 15 is 0 Å². The Morgan fingerprint density at radius 3 is 2.08 bits per heavy atom. The third-order valence-corrected chi connectivity index (χ3v) is 10.5. The van der Waals surface area contributed by atoms with E-state index in [4.69, 9.17) is 14.5 Å². The molecule has 0 fully saturated rings. The van der Waals surface area contributed by atoms with Crippen LogP contribution in [0.15, 0.2) is 28.1 Å². The summed E-state index contributed by atoms with van der Waals surface area (Å²) in [4.78, 5) is 43.9. The third-order valence-electron chi connectivity index (χ3n) is 6.31. The molecule has 3 rings (SSSR count). The van der Waals surface area contributed by atoms with Gasteiger partial charge in [0.2, 0.25) is 0 Å². The Morgan fingerprint density at radius 1 is 1.08 bits per heavy atom. The standard InChI is InChI=1S/C25H35N3O8S2/c1-22(2,3)35-20(29)27(21(30)36-23(4,5)6)19-24(7,8)38(33,34)18-12-13-37-17-11-10-15(28(31)32)14-16(17)25(18,9)26-19/h10-11,14,18H,12-13H2,1-9H3/t18-,25-/m1/s1. The lowest BCUT2D eigenvalue weighted by molar-refractivity contribution is -0.385. The number of non-ortho nitro benzene ring substituents is 1. The van der Waals surface area contributed by atoms with Gasteiger partial charge in [0.1, 0.15) is 27.3 Å².